The maximum absolute atomic E-state index is 10.5. The molecule has 0 rings (SSSR count). The lowest BCUT2D eigenvalue weighted by atomic mass is 10.9. The number of halogens is 2. The number of rotatable bonds is 4. The fourth-order valence-electron chi connectivity index (χ4n) is 0.258. The van der Waals surface area contributed by atoms with E-state index in [1.807, 2.05) is 0 Å². The van der Waals surface area contributed by atoms with Gasteiger partial charge in [-0.3, -0.25) is 0 Å². The quantitative estimate of drug-likeness (QED) is 0.684. The molecule has 0 fully saturated rings. The van der Waals surface area contributed by atoms with Gasteiger partial charge in [-0.25, -0.2) is 8.42 Å². The Kier molecular flexibility index (Phi) is 5.16. The molecule has 0 aliphatic heterocycles. The van der Waals surface area contributed by atoms with Gasteiger partial charge in [-0.2, -0.15) is 0 Å². The van der Waals surface area contributed by atoms with Crippen LogP contribution in [0.25, 0.3) is 0 Å². The van der Waals surface area contributed by atoms with Crippen LogP contribution in [0.3, 0.4) is 0 Å². The highest BCUT2D eigenvalue weighted by Gasteiger charge is 2.04. The molecular weight excluding hydrogens is 218 g/mol. The van der Waals surface area contributed by atoms with Gasteiger partial charge in [0, 0.05) is 6.26 Å². The van der Waals surface area contributed by atoms with Gasteiger partial charge in [-0.15, -0.1) is 0 Å². The second-order valence-corrected chi connectivity index (χ2v) is 6.95. The molecule has 0 aromatic heterocycles. The third-order valence-electron chi connectivity index (χ3n) is 0.643. The Hall–Kier alpha value is 0.920. The molecule has 0 spiro atoms. The average Bonchev–Trinajstić information content (AvgIpc) is 1.59. The molecule has 10 heavy (non-hydrogen) atoms. The van der Waals surface area contributed by atoms with Crippen LogP contribution in [-0.4, -0.2) is 27.0 Å². The predicted molar refractivity (Wildman–Crippen MR) is 44.3 cm³/mol. The Morgan fingerprint density at radius 3 is 2.30 bits per heavy atom. The van der Waals surface area contributed by atoms with E-state index in [-0.39, 0.29) is 12.4 Å². The van der Waals surface area contributed by atoms with Crippen LogP contribution in [0.2, 0.25) is 0 Å². The van der Waals surface area contributed by atoms with Crippen molar-refractivity contribution in [1.29, 1.82) is 0 Å². The van der Waals surface area contributed by atoms with Crippen molar-refractivity contribution in [3.63, 3.8) is 0 Å². The molecule has 62 valence electrons. The highest BCUT2D eigenvalue weighted by molar-refractivity contribution is 8.00. The third-order valence-corrected chi connectivity index (χ3v) is 2.51. The van der Waals surface area contributed by atoms with E-state index in [0.717, 1.165) is 6.26 Å². The van der Waals surface area contributed by atoms with Crippen molar-refractivity contribution in [2.45, 2.75) is 0 Å². The van der Waals surface area contributed by atoms with Crippen LogP contribution in [0.15, 0.2) is 0 Å². The van der Waals surface area contributed by atoms with Crippen LogP contribution >= 0.6 is 29.3 Å². The maximum Gasteiger partial charge on any atom is 0.225 e. The van der Waals surface area contributed by atoms with Crippen LogP contribution in [0.5, 0.6) is 0 Å². The first-order valence-corrected chi connectivity index (χ1v) is 7.47. The molecule has 0 aliphatic carbocycles. The lowest BCUT2D eigenvalue weighted by molar-refractivity contribution is 0.393. The van der Waals surface area contributed by atoms with Crippen LogP contribution < -0.4 is 0 Å². The van der Waals surface area contributed by atoms with Crippen LogP contribution in [0, 0.1) is 0 Å². The first kappa shape index (κ1) is 10.9. The predicted octanol–water partition coefficient (Wildman–Crippen LogP) is 1.75. The van der Waals surface area contributed by atoms with Gasteiger partial charge in [0.1, 0.15) is 9.84 Å². The molecule has 0 unspecified atom stereocenters. The standard InChI is InChI=1S/C3H7Cl2O3PS/c1-10(6,7)3-2-8-9(4)5/h2-3H2,1H3. The summed E-state index contributed by atoms with van der Waals surface area (Å²) in [6.45, 7) is -1.41. The summed E-state index contributed by atoms with van der Waals surface area (Å²) in [6.07, 6.45) is 1.13. The fourth-order valence-corrected chi connectivity index (χ4v) is 1.41. The van der Waals surface area contributed by atoms with E-state index in [9.17, 15) is 8.42 Å². The Morgan fingerprint density at radius 1 is 1.50 bits per heavy atom. The van der Waals surface area contributed by atoms with Gasteiger partial charge < -0.3 is 4.52 Å². The second kappa shape index (κ2) is 4.73. The summed E-state index contributed by atoms with van der Waals surface area (Å²) in [5, 5.41) is 0. The zero-order valence-electron chi connectivity index (χ0n) is 5.25. The molecule has 0 radical (unpaired) electrons. The molecule has 3 nitrogen and oxygen atoms in total. The molecule has 0 N–H and O–H groups in total. The highest BCUT2D eigenvalue weighted by atomic mass is 35.9. The molecule has 0 saturated heterocycles. The Labute approximate surface area is 71.0 Å². The lowest BCUT2D eigenvalue weighted by Crippen LogP contribution is -2.07. The van der Waals surface area contributed by atoms with E-state index in [4.69, 9.17) is 22.5 Å². The molecule has 0 saturated carbocycles. The van der Waals surface area contributed by atoms with E-state index < -0.39 is 16.7 Å². The van der Waals surface area contributed by atoms with E-state index in [0.29, 0.717) is 0 Å². The van der Waals surface area contributed by atoms with E-state index >= 15 is 0 Å². The van der Waals surface area contributed by atoms with Crippen molar-refractivity contribution in [2.24, 2.45) is 0 Å². The van der Waals surface area contributed by atoms with Crippen molar-refractivity contribution in [3.8, 4) is 0 Å². The zero-order valence-corrected chi connectivity index (χ0v) is 8.47. The first-order chi connectivity index (χ1) is 4.42. The van der Waals surface area contributed by atoms with Gasteiger partial charge in [0.2, 0.25) is 6.85 Å². The second-order valence-electron chi connectivity index (χ2n) is 1.67. The Morgan fingerprint density at radius 2 is 2.00 bits per heavy atom. The largest absolute Gasteiger partial charge is 0.331 e. The molecule has 0 heterocycles. The molecule has 0 amide bonds. The van der Waals surface area contributed by atoms with Gasteiger partial charge in [-0.1, -0.05) is 0 Å². The fraction of sp³-hybridized carbons (Fsp3) is 1.00. The van der Waals surface area contributed by atoms with E-state index in [1.54, 1.807) is 0 Å². The molecule has 0 aromatic rings. The minimum atomic E-state index is -2.95. The summed E-state index contributed by atoms with van der Waals surface area (Å²) in [6, 6.07) is 0. The van der Waals surface area contributed by atoms with Crippen LogP contribution in [-0.2, 0) is 14.4 Å². The monoisotopic (exact) mass is 224 g/mol. The number of sulfone groups is 1. The average molecular weight is 225 g/mol. The summed E-state index contributed by atoms with van der Waals surface area (Å²) >= 11 is 10.4. The minimum Gasteiger partial charge on any atom is -0.331 e. The molecular formula is C3H7Cl2O3PS. The van der Waals surface area contributed by atoms with Crippen molar-refractivity contribution in [3.05, 3.63) is 0 Å². The van der Waals surface area contributed by atoms with Gasteiger partial charge in [0.05, 0.1) is 12.4 Å². The summed E-state index contributed by atoms with van der Waals surface area (Å²) < 4.78 is 25.5. The minimum absolute atomic E-state index is 0.0364. The van der Waals surface area contributed by atoms with Crippen molar-refractivity contribution >= 4 is 39.2 Å². The topological polar surface area (TPSA) is 43.4 Å². The number of hydrogen-bond acceptors (Lipinski definition) is 3. The third kappa shape index (κ3) is 8.92. The van der Waals surface area contributed by atoms with Crippen LogP contribution in [0.4, 0.5) is 0 Å². The van der Waals surface area contributed by atoms with Crippen molar-refractivity contribution in [2.75, 3.05) is 18.6 Å². The summed E-state index contributed by atoms with van der Waals surface area (Å²) in [7, 11) is -2.95. The maximum atomic E-state index is 10.5. The lowest BCUT2D eigenvalue weighted by Gasteiger charge is -2.00. The Bertz CT molecular complexity index is 178. The molecule has 0 aromatic carbocycles. The van der Waals surface area contributed by atoms with Gasteiger partial charge in [0.25, 0.3) is 0 Å². The van der Waals surface area contributed by atoms with Crippen LogP contribution in [0.1, 0.15) is 0 Å². The number of hydrogen-bond donors (Lipinski definition) is 0. The molecule has 0 atom stereocenters. The van der Waals surface area contributed by atoms with Gasteiger partial charge >= 0.3 is 0 Å². The molecule has 0 bridgehead atoms. The molecule has 7 heteroatoms. The highest BCUT2D eigenvalue weighted by Crippen LogP contribution is 2.47. The summed E-state index contributed by atoms with van der Waals surface area (Å²) in [5.41, 5.74) is 0. The zero-order chi connectivity index (χ0) is 8.20. The first-order valence-electron chi connectivity index (χ1n) is 2.34. The SMILES string of the molecule is CS(=O)(=O)CCOP(Cl)Cl. The van der Waals surface area contributed by atoms with Gasteiger partial charge in [0.15, 0.2) is 0 Å². The Balaban J connectivity index is 3.39. The van der Waals surface area contributed by atoms with Crippen molar-refractivity contribution in [1.82, 2.24) is 0 Å². The normalized spacial score (nSPS) is 12.4. The summed E-state index contributed by atoms with van der Waals surface area (Å²) in [4.78, 5) is 0. The van der Waals surface area contributed by atoms with E-state index in [1.165, 1.54) is 0 Å². The smallest absolute Gasteiger partial charge is 0.225 e. The van der Waals surface area contributed by atoms with E-state index in [2.05, 4.69) is 4.52 Å². The van der Waals surface area contributed by atoms with Crippen molar-refractivity contribution < 1.29 is 12.9 Å². The van der Waals surface area contributed by atoms with Gasteiger partial charge in [-0.05, 0) is 22.5 Å². The molecule has 0 aliphatic rings. The summed E-state index contributed by atoms with van der Waals surface area (Å²) in [5.74, 6) is -0.0364.